The quantitative estimate of drug-likeness (QED) is 0.528. The zero-order valence-corrected chi connectivity index (χ0v) is 11.8. The number of unbranched alkanes of at least 4 members (excludes halogenated alkanes) is 4. The smallest absolute Gasteiger partial charge is 0.121 e. The van der Waals surface area contributed by atoms with Crippen LogP contribution in [0.5, 0.6) is 5.75 Å². The molecule has 2 nitrogen and oxygen atoms in total. The molecule has 0 aliphatic carbocycles. The van der Waals surface area contributed by atoms with E-state index in [-0.39, 0.29) is 0 Å². The van der Waals surface area contributed by atoms with Gasteiger partial charge in [-0.3, -0.25) is 0 Å². The molecule has 0 fully saturated rings. The molecule has 0 saturated heterocycles. The molecule has 1 aromatic rings. The summed E-state index contributed by atoms with van der Waals surface area (Å²) in [6.07, 6.45) is 9.01. The first-order valence-corrected chi connectivity index (χ1v) is 7.29. The molecule has 102 valence electrons. The number of phenols is 1. The van der Waals surface area contributed by atoms with E-state index in [0.29, 0.717) is 5.75 Å². The minimum absolute atomic E-state index is 0.387. The van der Waals surface area contributed by atoms with Crippen LogP contribution in [-0.4, -0.2) is 5.11 Å². The average Bonchev–Trinajstić information content (AvgIpc) is 2.33. The number of hydrogen-bond acceptors (Lipinski definition) is 2. The summed E-state index contributed by atoms with van der Waals surface area (Å²) >= 11 is 0. The van der Waals surface area contributed by atoms with Crippen LogP contribution in [0.4, 0.5) is 5.69 Å². The van der Waals surface area contributed by atoms with Crippen LogP contribution in [0.2, 0.25) is 0 Å². The summed E-state index contributed by atoms with van der Waals surface area (Å²) in [5, 5.41) is 10.0. The molecule has 0 bridgehead atoms. The van der Waals surface area contributed by atoms with Crippen LogP contribution in [0.3, 0.4) is 0 Å². The Labute approximate surface area is 111 Å². The Morgan fingerprint density at radius 2 is 1.56 bits per heavy atom. The summed E-state index contributed by atoms with van der Waals surface area (Å²) < 4.78 is 0. The summed E-state index contributed by atoms with van der Waals surface area (Å²) in [4.78, 5) is 0. The third-order valence-corrected chi connectivity index (χ3v) is 3.42. The molecule has 1 aromatic carbocycles. The van der Waals surface area contributed by atoms with E-state index in [9.17, 15) is 5.11 Å². The van der Waals surface area contributed by atoms with Gasteiger partial charge in [-0.25, -0.2) is 0 Å². The minimum atomic E-state index is 0.387. The van der Waals surface area contributed by atoms with E-state index in [0.717, 1.165) is 36.1 Å². The van der Waals surface area contributed by atoms with E-state index in [2.05, 4.69) is 13.8 Å². The average molecular weight is 249 g/mol. The van der Waals surface area contributed by atoms with Crippen LogP contribution in [0.15, 0.2) is 12.1 Å². The van der Waals surface area contributed by atoms with E-state index < -0.39 is 0 Å². The van der Waals surface area contributed by atoms with Gasteiger partial charge in [0.05, 0.1) is 0 Å². The third kappa shape index (κ3) is 4.59. The molecule has 0 spiro atoms. The van der Waals surface area contributed by atoms with Gasteiger partial charge in [-0.05, 0) is 43.4 Å². The number of nitrogen functional groups attached to an aromatic ring is 1. The van der Waals surface area contributed by atoms with Gasteiger partial charge in [0, 0.05) is 11.3 Å². The fraction of sp³-hybridized carbons (Fsp3) is 0.625. The van der Waals surface area contributed by atoms with Crippen LogP contribution in [0.25, 0.3) is 0 Å². The van der Waals surface area contributed by atoms with Gasteiger partial charge >= 0.3 is 0 Å². The molecule has 0 aliphatic heterocycles. The Morgan fingerprint density at radius 1 is 0.944 bits per heavy atom. The first kappa shape index (κ1) is 14.9. The molecule has 0 unspecified atom stereocenters. The van der Waals surface area contributed by atoms with Crippen LogP contribution in [-0.2, 0) is 12.8 Å². The molecule has 2 heteroatoms. The second-order valence-corrected chi connectivity index (χ2v) is 5.10. The lowest BCUT2D eigenvalue weighted by Gasteiger charge is -2.11. The van der Waals surface area contributed by atoms with E-state index in [4.69, 9.17) is 5.73 Å². The Kier molecular flexibility index (Phi) is 6.63. The monoisotopic (exact) mass is 249 g/mol. The Balaban J connectivity index is 2.65. The molecule has 0 heterocycles. The Bertz CT molecular complexity index is 337. The fourth-order valence-corrected chi connectivity index (χ4v) is 2.29. The molecule has 18 heavy (non-hydrogen) atoms. The van der Waals surface area contributed by atoms with Crippen LogP contribution in [0.1, 0.15) is 63.5 Å². The zero-order valence-electron chi connectivity index (χ0n) is 11.8. The van der Waals surface area contributed by atoms with Gasteiger partial charge < -0.3 is 10.8 Å². The Morgan fingerprint density at radius 3 is 2.11 bits per heavy atom. The lowest BCUT2D eigenvalue weighted by atomic mass is 9.99. The van der Waals surface area contributed by atoms with Gasteiger partial charge in [0.25, 0.3) is 0 Å². The molecule has 0 atom stereocenters. The molecule has 0 amide bonds. The van der Waals surface area contributed by atoms with Crippen molar-refractivity contribution in [1.29, 1.82) is 0 Å². The van der Waals surface area contributed by atoms with Crippen LogP contribution >= 0.6 is 0 Å². The number of aromatic hydroxyl groups is 1. The van der Waals surface area contributed by atoms with Crippen molar-refractivity contribution in [3.63, 3.8) is 0 Å². The number of aryl methyl sites for hydroxylation is 1. The van der Waals surface area contributed by atoms with Gasteiger partial charge in [-0.2, -0.15) is 0 Å². The molecule has 0 saturated carbocycles. The maximum atomic E-state index is 10.0. The highest BCUT2D eigenvalue weighted by Gasteiger charge is 2.08. The van der Waals surface area contributed by atoms with Crippen molar-refractivity contribution in [3.05, 3.63) is 23.3 Å². The number of hydrogen-bond donors (Lipinski definition) is 2. The van der Waals surface area contributed by atoms with Crippen molar-refractivity contribution in [3.8, 4) is 5.75 Å². The maximum Gasteiger partial charge on any atom is 0.121 e. The number of phenolic OH excluding ortho intramolecular Hbond substituents is 1. The zero-order chi connectivity index (χ0) is 13.4. The van der Waals surface area contributed by atoms with Crippen molar-refractivity contribution in [2.75, 3.05) is 5.73 Å². The molecule has 3 N–H and O–H groups in total. The van der Waals surface area contributed by atoms with Gasteiger partial charge in [0.15, 0.2) is 0 Å². The summed E-state index contributed by atoms with van der Waals surface area (Å²) in [7, 11) is 0. The summed E-state index contributed by atoms with van der Waals surface area (Å²) in [6, 6.07) is 3.93. The second-order valence-electron chi connectivity index (χ2n) is 5.10. The fourth-order valence-electron chi connectivity index (χ4n) is 2.29. The number of nitrogens with two attached hydrogens (primary N) is 1. The largest absolute Gasteiger partial charge is 0.508 e. The second kappa shape index (κ2) is 8.02. The highest BCUT2D eigenvalue weighted by molar-refractivity contribution is 5.56. The topological polar surface area (TPSA) is 46.2 Å². The number of benzene rings is 1. The molecule has 1 rings (SSSR count). The van der Waals surface area contributed by atoms with Crippen molar-refractivity contribution in [2.45, 2.75) is 65.2 Å². The molecule has 0 aromatic heterocycles. The van der Waals surface area contributed by atoms with Crippen molar-refractivity contribution in [1.82, 2.24) is 0 Å². The highest BCUT2D eigenvalue weighted by Crippen LogP contribution is 2.28. The van der Waals surface area contributed by atoms with Gasteiger partial charge in [0.1, 0.15) is 5.75 Å². The van der Waals surface area contributed by atoms with E-state index in [1.54, 1.807) is 0 Å². The van der Waals surface area contributed by atoms with Crippen molar-refractivity contribution in [2.24, 2.45) is 0 Å². The minimum Gasteiger partial charge on any atom is -0.508 e. The van der Waals surface area contributed by atoms with Crippen LogP contribution < -0.4 is 5.73 Å². The van der Waals surface area contributed by atoms with Crippen LogP contribution in [0, 0.1) is 0 Å². The van der Waals surface area contributed by atoms with E-state index in [1.807, 2.05) is 12.1 Å². The summed E-state index contributed by atoms with van der Waals surface area (Å²) in [6.45, 7) is 4.38. The first-order valence-electron chi connectivity index (χ1n) is 7.29. The molecule has 0 radical (unpaired) electrons. The lowest BCUT2D eigenvalue weighted by molar-refractivity contribution is 0.466. The first-order chi connectivity index (χ1) is 8.69. The molecule has 0 aliphatic rings. The number of anilines is 1. The maximum absolute atomic E-state index is 10.0. The summed E-state index contributed by atoms with van der Waals surface area (Å²) in [5.41, 5.74) is 8.91. The predicted octanol–water partition coefficient (Wildman–Crippen LogP) is 4.44. The predicted molar refractivity (Wildman–Crippen MR) is 79.0 cm³/mol. The van der Waals surface area contributed by atoms with Crippen molar-refractivity contribution >= 4 is 5.69 Å². The van der Waals surface area contributed by atoms with Gasteiger partial charge in [-0.1, -0.05) is 39.5 Å². The lowest BCUT2D eigenvalue weighted by Crippen LogP contribution is -1.98. The molecular formula is C16H27NO. The van der Waals surface area contributed by atoms with Crippen molar-refractivity contribution < 1.29 is 5.11 Å². The SMILES string of the molecule is CCCCCc1cc(N)c(CCCCC)c(O)c1. The number of rotatable bonds is 8. The normalized spacial score (nSPS) is 10.8. The van der Waals surface area contributed by atoms with Gasteiger partial charge in [-0.15, -0.1) is 0 Å². The van der Waals surface area contributed by atoms with E-state index in [1.165, 1.54) is 32.1 Å². The Hall–Kier alpha value is -1.18. The standard InChI is InChI=1S/C16H27NO/c1-3-5-7-9-13-11-15(17)14(16(18)12-13)10-8-6-4-2/h11-12,18H,3-10,17H2,1-2H3. The molecular weight excluding hydrogens is 222 g/mol. The highest BCUT2D eigenvalue weighted by atomic mass is 16.3. The summed E-state index contributed by atoms with van der Waals surface area (Å²) in [5.74, 6) is 0.387. The third-order valence-electron chi connectivity index (χ3n) is 3.42. The van der Waals surface area contributed by atoms with Gasteiger partial charge in [0.2, 0.25) is 0 Å². The van der Waals surface area contributed by atoms with E-state index >= 15 is 0 Å².